The Hall–Kier alpha value is -0.180. The largest absolute Gasteiger partial charge is 0.306 e. The van der Waals surface area contributed by atoms with Crippen LogP contribution in [-0.4, -0.2) is 18.5 Å². The summed E-state index contributed by atoms with van der Waals surface area (Å²) in [6, 6.07) is -0.251. The summed E-state index contributed by atoms with van der Waals surface area (Å²) in [5.41, 5.74) is 0. The van der Waals surface area contributed by atoms with Crippen LogP contribution in [0.2, 0.25) is 0 Å². The highest BCUT2D eigenvalue weighted by molar-refractivity contribution is 5.01. The van der Waals surface area contributed by atoms with Crippen LogP contribution in [0.3, 0.4) is 0 Å². The van der Waals surface area contributed by atoms with Crippen molar-refractivity contribution in [2.75, 3.05) is 0 Å². The molecule has 4 aliphatic carbocycles. The van der Waals surface area contributed by atoms with Crippen LogP contribution in [-0.2, 0) is 0 Å². The van der Waals surface area contributed by atoms with Crippen LogP contribution in [0, 0.1) is 23.7 Å². The fourth-order valence-corrected chi connectivity index (χ4v) is 4.57. The monoisotopic (exact) mass is 229 g/mol. The van der Waals surface area contributed by atoms with Gasteiger partial charge in [-0.25, -0.2) is 8.78 Å². The predicted octanol–water partition coefficient (Wildman–Crippen LogP) is 3.05. The molecule has 92 valence electrons. The van der Waals surface area contributed by atoms with E-state index in [1.54, 1.807) is 6.92 Å². The minimum Gasteiger partial charge on any atom is -0.306 e. The third-order valence-electron chi connectivity index (χ3n) is 5.06. The van der Waals surface area contributed by atoms with Gasteiger partial charge < -0.3 is 5.32 Å². The average molecular weight is 229 g/mol. The highest BCUT2D eigenvalue weighted by atomic mass is 19.3. The topological polar surface area (TPSA) is 12.0 Å². The molecule has 1 N–H and O–H groups in total. The molecule has 1 nitrogen and oxygen atoms in total. The average Bonchev–Trinajstić information content (AvgIpc) is 2.21. The van der Waals surface area contributed by atoms with E-state index in [2.05, 4.69) is 5.32 Å². The van der Waals surface area contributed by atoms with Crippen LogP contribution in [0.15, 0.2) is 0 Å². The number of alkyl halides is 2. The molecule has 3 heteroatoms. The van der Waals surface area contributed by atoms with Gasteiger partial charge in [0.1, 0.15) is 0 Å². The molecule has 16 heavy (non-hydrogen) atoms. The molecule has 4 bridgehead atoms. The van der Waals surface area contributed by atoms with Crippen molar-refractivity contribution in [3.05, 3.63) is 0 Å². The lowest BCUT2D eigenvalue weighted by molar-refractivity contribution is -0.0267. The summed E-state index contributed by atoms with van der Waals surface area (Å²) in [4.78, 5) is 0. The van der Waals surface area contributed by atoms with Crippen LogP contribution < -0.4 is 5.32 Å². The smallest absolute Gasteiger partial charge is 0.253 e. The number of rotatable bonds is 3. The molecule has 0 aromatic carbocycles. The second kappa shape index (κ2) is 3.94. The zero-order valence-corrected chi connectivity index (χ0v) is 9.83. The van der Waals surface area contributed by atoms with Crippen molar-refractivity contribution in [2.24, 2.45) is 23.7 Å². The summed E-state index contributed by atoms with van der Waals surface area (Å²) in [6.07, 6.45) is 4.37. The molecule has 0 radical (unpaired) electrons. The first-order valence-electron chi connectivity index (χ1n) is 6.67. The maximum atomic E-state index is 12.6. The molecule has 0 spiro atoms. The van der Waals surface area contributed by atoms with Gasteiger partial charge in [0.05, 0.1) is 6.04 Å². The molecule has 4 saturated carbocycles. The normalized spacial score (nSPS) is 47.6. The molecular formula is C13H21F2N. The molecule has 0 aromatic heterocycles. The SMILES string of the molecule is CC(NC1C2CC3CC(C2)CC1C3)C(F)F. The molecule has 0 saturated heterocycles. The first-order chi connectivity index (χ1) is 7.63. The van der Waals surface area contributed by atoms with E-state index in [1.165, 1.54) is 32.1 Å². The van der Waals surface area contributed by atoms with E-state index in [0.29, 0.717) is 17.9 Å². The first kappa shape index (κ1) is 10.9. The third kappa shape index (κ3) is 1.77. The molecule has 0 aliphatic heterocycles. The Kier molecular flexibility index (Phi) is 2.69. The van der Waals surface area contributed by atoms with Crippen molar-refractivity contribution in [1.29, 1.82) is 0 Å². The Morgan fingerprint density at radius 2 is 1.44 bits per heavy atom. The number of nitrogens with one attached hydrogen (secondary N) is 1. The molecular weight excluding hydrogens is 208 g/mol. The van der Waals surface area contributed by atoms with E-state index in [4.69, 9.17) is 0 Å². The van der Waals surface area contributed by atoms with Crippen molar-refractivity contribution < 1.29 is 8.78 Å². The van der Waals surface area contributed by atoms with Gasteiger partial charge >= 0.3 is 0 Å². The fourth-order valence-electron chi connectivity index (χ4n) is 4.57. The zero-order valence-electron chi connectivity index (χ0n) is 9.83. The van der Waals surface area contributed by atoms with Crippen LogP contribution >= 0.6 is 0 Å². The van der Waals surface area contributed by atoms with Gasteiger partial charge in [-0.3, -0.25) is 0 Å². The van der Waals surface area contributed by atoms with Gasteiger partial charge in [-0.15, -0.1) is 0 Å². The second-order valence-electron chi connectivity index (χ2n) is 6.25. The van der Waals surface area contributed by atoms with Gasteiger partial charge in [-0.2, -0.15) is 0 Å². The van der Waals surface area contributed by atoms with E-state index in [1.807, 2.05) is 0 Å². The van der Waals surface area contributed by atoms with Crippen molar-refractivity contribution in [2.45, 2.75) is 57.5 Å². The van der Waals surface area contributed by atoms with Gasteiger partial charge in [0.2, 0.25) is 0 Å². The minimum atomic E-state index is -2.22. The van der Waals surface area contributed by atoms with E-state index < -0.39 is 12.5 Å². The summed E-state index contributed by atoms with van der Waals surface area (Å²) in [6.45, 7) is 1.62. The van der Waals surface area contributed by atoms with Gasteiger partial charge in [0, 0.05) is 6.04 Å². The third-order valence-corrected chi connectivity index (χ3v) is 5.06. The van der Waals surface area contributed by atoms with Gasteiger partial charge in [0.25, 0.3) is 6.43 Å². The predicted molar refractivity (Wildman–Crippen MR) is 59.4 cm³/mol. The summed E-state index contributed by atoms with van der Waals surface area (Å²) in [5, 5.41) is 3.21. The molecule has 1 unspecified atom stereocenters. The summed E-state index contributed by atoms with van der Waals surface area (Å²) >= 11 is 0. The van der Waals surface area contributed by atoms with Crippen LogP contribution in [0.5, 0.6) is 0 Å². The molecule has 4 fully saturated rings. The Balaban J connectivity index is 1.67. The summed E-state index contributed by atoms with van der Waals surface area (Å²) < 4.78 is 25.2. The number of halogens is 2. The standard InChI is InChI=1S/C13H21F2N/c1-7(13(14)15)16-12-10-3-8-2-9(5-10)6-11(12)4-8/h7-13,16H,2-6H2,1H3. The minimum absolute atomic E-state index is 0.386. The Bertz CT molecular complexity index is 239. The van der Waals surface area contributed by atoms with E-state index in [0.717, 1.165) is 11.8 Å². The highest BCUT2D eigenvalue weighted by Gasteiger charge is 2.48. The van der Waals surface area contributed by atoms with Crippen molar-refractivity contribution >= 4 is 0 Å². The summed E-state index contributed by atoms with van der Waals surface area (Å²) in [7, 11) is 0. The van der Waals surface area contributed by atoms with Crippen LogP contribution in [0.1, 0.15) is 39.0 Å². The summed E-state index contributed by atoms with van der Waals surface area (Å²) in [5.74, 6) is 3.22. The lowest BCUT2D eigenvalue weighted by Gasteiger charge is -2.55. The maximum absolute atomic E-state index is 12.6. The first-order valence-corrected chi connectivity index (χ1v) is 6.67. The van der Waals surface area contributed by atoms with Gasteiger partial charge in [-0.1, -0.05) is 0 Å². The van der Waals surface area contributed by atoms with E-state index in [-0.39, 0.29) is 0 Å². The van der Waals surface area contributed by atoms with Crippen molar-refractivity contribution in [3.63, 3.8) is 0 Å². The fraction of sp³-hybridized carbons (Fsp3) is 1.00. The van der Waals surface area contributed by atoms with Gasteiger partial charge in [-0.05, 0) is 62.7 Å². The maximum Gasteiger partial charge on any atom is 0.253 e. The second-order valence-corrected chi connectivity index (χ2v) is 6.25. The quantitative estimate of drug-likeness (QED) is 0.784. The Labute approximate surface area is 96.0 Å². The van der Waals surface area contributed by atoms with Gasteiger partial charge in [0.15, 0.2) is 0 Å². The van der Waals surface area contributed by atoms with E-state index >= 15 is 0 Å². The molecule has 1 atom stereocenters. The molecule has 0 heterocycles. The Morgan fingerprint density at radius 3 is 1.88 bits per heavy atom. The molecule has 4 rings (SSSR count). The molecule has 0 amide bonds. The number of hydrogen-bond donors (Lipinski definition) is 1. The zero-order chi connectivity index (χ0) is 11.3. The lowest BCUT2D eigenvalue weighted by Crippen LogP contribution is -2.57. The Morgan fingerprint density at radius 1 is 0.938 bits per heavy atom. The lowest BCUT2D eigenvalue weighted by atomic mass is 9.54. The van der Waals surface area contributed by atoms with Crippen LogP contribution in [0.25, 0.3) is 0 Å². The van der Waals surface area contributed by atoms with E-state index in [9.17, 15) is 8.78 Å². The van der Waals surface area contributed by atoms with Crippen LogP contribution in [0.4, 0.5) is 8.78 Å². The van der Waals surface area contributed by atoms with Crippen molar-refractivity contribution in [3.8, 4) is 0 Å². The van der Waals surface area contributed by atoms with Crippen molar-refractivity contribution in [1.82, 2.24) is 5.32 Å². The highest BCUT2D eigenvalue weighted by Crippen LogP contribution is 2.53. The molecule has 0 aromatic rings. The molecule has 4 aliphatic rings. The number of hydrogen-bond acceptors (Lipinski definition) is 1.